The van der Waals surface area contributed by atoms with Gasteiger partial charge in [0.2, 0.25) is 0 Å². The summed E-state index contributed by atoms with van der Waals surface area (Å²) in [6.07, 6.45) is 3.34. The molecule has 6 rings (SSSR count). The van der Waals surface area contributed by atoms with Crippen LogP contribution in [0.4, 0.5) is 4.79 Å². The zero-order valence-corrected chi connectivity index (χ0v) is 18.0. The molecule has 1 N–H and O–H groups in total. The number of carbonyl (C=O) groups is 2. The van der Waals surface area contributed by atoms with Gasteiger partial charge in [-0.3, -0.25) is 9.69 Å². The SMILES string of the molecule is COc1ccc(Cl)c(Cl)c1-c1ccn2cc(C(=O)N3CC4CC(C3)N4C(=O)O)nc2c1. The van der Waals surface area contributed by atoms with Gasteiger partial charge in [0, 0.05) is 31.0 Å². The summed E-state index contributed by atoms with van der Waals surface area (Å²) in [6, 6.07) is 6.81. The summed E-state index contributed by atoms with van der Waals surface area (Å²) in [5.41, 5.74) is 2.30. The van der Waals surface area contributed by atoms with Crippen LogP contribution in [0.15, 0.2) is 36.7 Å². The number of methoxy groups -OCH3 is 1. The Bertz CT molecular complexity index is 1220. The first-order valence-corrected chi connectivity index (χ1v) is 10.4. The van der Waals surface area contributed by atoms with Gasteiger partial charge in [-0.25, -0.2) is 9.78 Å². The van der Waals surface area contributed by atoms with Crippen LogP contribution in [-0.2, 0) is 0 Å². The Kier molecular flexibility index (Phi) is 4.71. The number of amides is 2. The number of hydrogen-bond donors (Lipinski definition) is 1. The molecule has 8 nitrogen and oxygen atoms in total. The van der Waals surface area contributed by atoms with E-state index in [2.05, 4.69) is 4.98 Å². The minimum atomic E-state index is -0.927. The molecule has 1 aromatic carbocycles. The summed E-state index contributed by atoms with van der Waals surface area (Å²) in [5.74, 6) is 0.375. The number of halogens is 2. The smallest absolute Gasteiger partial charge is 0.407 e. The van der Waals surface area contributed by atoms with E-state index in [1.165, 1.54) is 4.90 Å². The lowest BCUT2D eigenvalue weighted by Crippen LogP contribution is -2.70. The maximum atomic E-state index is 13.0. The van der Waals surface area contributed by atoms with E-state index >= 15 is 0 Å². The Morgan fingerprint density at radius 3 is 2.61 bits per heavy atom. The van der Waals surface area contributed by atoms with Crippen molar-refractivity contribution in [3.05, 3.63) is 52.4 Å². The highest BCUT2D eigenvalue weighted by atomic mass is 35.5. The molecule has 0 aliphatic carbocycles. The number of piperazine rings is 1. The fourth-order valence-electron chi connectivity index (χ4n) is 4.46. The minimum absolute atomic E-state index is 0.138. The third-order valence-corrected chi connectivity index (χ3v) is 6.75. The van der Waals surface area contributed by atoms with Crippen LogP contribution < -0.4 is 4.74 Å². The van der Waals surface area contributed by atoms with E-state index in [1.807, 2.05) is 12.1 Å². The monoisotopic (exact) mass is 460 g/mol. The van der Waals surface area contributed by atoms with Gasteiger partial charge in [-0.2, -0.15) is 0 Å². The molecule has 0 saturated carbocycles. The Hall–Kier alpha value is -2.97. The number of benzene rings is 1. The summed E-state index contributed by atoms with van der Waals surface area (Å²) in [5, 5.41) is 10.0. The van der Waals surface area contributed by atoms with Crippen molar-refractivity contribution in [2.24, 2.45) is 0 Å². The van der Waals surface area contributed by atoms with Crippen molar-refractivity contribution in [2.45, 2.75) is 18.5 Å². The summed E-state index contributed by atoms with van der Waals surface area (Å²) >= 11 is 12.6. The van der Waals surface area contributed by atoms with Gasteiger partial charge in [0.15, 0.2) is 0 Å². The zero-order valence-electron chi connectivity index (χ0n) is 16.5. The second-order valence-corrected chi connectivity index (χ2v) is 8.47. The molecule has 0 radical (unpaired) electrons. The predicted molar refractivity (Wildman–Crippen MR) is 115 cm³/mol. The third-order valence-electron chi connectivity index (χ3n) is 5.95. The average molecular weight is 461 g/mol. The van der Waals surface area contributed by atoms with E-state index in [1.54, 1.807) is 40.9 Å². The van der Waals surface area contributed by atoms with Gasteiger partial charge in [0.25, 0.3) is 5.91 Å². The first kappa shape index (κ1) is 20.0. The van der Waals surface area contributed by atoms with Gasteiger partial charge in [-0.1, -0.05) is 23.2 Å². The molecule has 0 spiro atoms. The molecule has 160 valence electrons. The van der Waals surface area contributed by atoms with Gasteiger partial charge in [-0.05, 0) is 36.2 Å². The van der Waals surface area contributed by atoms with Gasteiger partial charge in [-0.15, -0.1) is 0 Å². The number of rotatable bonds is 3. The van der Waals surface area contributed by atoms with Crippen LogP contribution in [0.2, 0.25) is 10.0 Å². The van der Waals surface area contributed by atoms with E-state index in [0.717, 1.165) is 12.0 Å². The summed E-state index contributed by atoms with van der Waals surface area (Å²) < 4.78 is 7.19. The highest BCUT2D eigenvalue weighted by Gasteiger charge is 2.48. The first-order valence-electron chi connectivity index (χ1n) is 9.69. The molecule has 3 aromatic rings. The molecule has 2 unspecified atom stereocenters. The molecule has 2 amide bonds. The highest BCUT2D eigenvalue weighted by Crippen LogP contribution is 2.41. The van der Waals surface area contributed by atoms with Gasteiger partial charge < -0.3 is 19.1 Å². The number of piperidine rings is 1. The Morgan fingerprint density at radius 1 is 1.19 bits per heavy atom. The van der Waals surface area contributed by atoms with E-state index in [-0.39, 0.29) is 18.0 Å². The Morgan fingerprint density at radius 2 is 1.94 bits per heavy atom. The van der Waals surface area contributed by atoms with Crippen LogP contribution >= 0.6 is 23.2 Å². The van der Waals surface area contributed by atoms with E-state index in [9.17, 15) is 14.7 Å². The maximum absolute atomic E-state index is 13.0. The topological polar surface area (TPSA) is 87.4 Å². The summed E-state index contributed by atoms with van der Waals surface area (Å²) in [7, 11) is 1.56. The molecule has 2 atom stereocenters. The summed E-state index contributed by atoms with van der Waals surface area (Å²) in [6.45, 7) is 0.770. The molecule has 31 heavy (non-hydrogen) atoms. The van der Waals surface area contributed by atoms with Crippen molar-refractivity contribution < 1.29 is 19.4 Å². The number of carbonyl (C=O) groups excluding carboxylic acids is 1. The van der Waals surface area contributed by atoms with Crippen molar-refractivity contribution in [3.63, 3.8) is 0 Å². The lowest BCUT2D eigenvalue weighted by atomic mass is 9.88. The average Bonchev–Trinajstić information content (AvgIpc) is 3.17. The fraction of sp³-hybridized carbons (Fsp3) is 0.286. The van der Waals surface area contributed by atoms with Crippen molar-refractivity contribution in [1.29, 1.82) is 0 Å². The molecular weight excluding hydrogens is 443 g/mol. The van der Waals surface area contributed by atoms with Gasteiger partial charge in [0.1, 0.15) is 17.1 Å². The van der Waals surface area contributed by atoms with Crippen molar-refractivity contribution in [2.75, 3.05) is 20.2 Å². The fourth-order valence-corrected chi connectivity index (χ4v) is 4.89. The van der Waals surface area contributed by atoms with Crippen molar-refractivity contribution in [3.8, 4) is 16.9 Å². The molecule has 3 fully saturated rings. The largest absolute Gasteiger partial charge is 0.496 e. The van der Waals surface area contributed by atoms with E-state index < -0.39 is 6.09 Å². The number of hydrogen-bond acceptors (Lipinski definition) is 4. The van der Waals surface area contributed by atoms with Crippen LogP contribution in [-0.4, -0.2) is 68.6 Å². The van der Waals surface area contributed by atoms with Crippen LogP contribution in [0.3, 0.4) is 0 Å². The van der Waals surface area contributed by atoms with Crippen LogP contribution in [0.1, 0.15) is 16.9 Å². The molecule has 10 heteroatoms. The third kappa shape index (κ3) is 3.18. The number of imidazole rings is 1. The Labute approximate surface area is 187 Å². The van der Waals surface area contributed by atoms with Crippen LogP contribution in [0.25, 0.3) is 16.8 Å². The second kappa shape index (κ2) is 7.32. The lowest BCUT2D eigenvalue weighted by molar-refractivity contribution is -0.0423. The minimum Gasteiger partial charge on any atom is -0.496 e. The van der Waals surface area contributed by atoms with Crippen molar-refractivity contribution >= 4 is 40.8 Å². The lowest BCUT2D eigenvalue weighted by Gasteiger charge is -2.54. The van der Waals surface area contributed by atoms with Gasteiger partial charge >= 0.3 is 6.09 Å². The number of ether oxygens (including phenoxy) is 1. The number of fused-ring (bicyclic) bond motifs is 3. The first-order chi connectivity index (χ1) is 14.9. The number of pyridine rings is 1. The quantitative estimate of drug-likeness (QED) is 0.640. The molecule has 2 bridgehead atoms. The molecule has 3 saturated heterocycles. The second-order valence-electron chi connectivity index (χ2n) is 7.69. The maximum Gasteiger partial charge on any atom is 0.407 e. The standard InChI is InChI=1S/C21H18Cl2N4O4/c1-31-16-3-2-14(22)19(23)18(16)11-4-5-25-10-15(24-17(25)6-11)20(28)26-8-12-7-13(9-26)27(12)21(29)30/h2-6,10,12-13H,7-9H2,1H3,(H,29,30). The molecule has 2 aromatic heterocycles. The summed E-state index contributed by atoms with van der Waals surface area (Å²) in [4.78, 5) is 31.9. The van der Waals surface area contributed by atoms with E-state index in [0.29, 0.717) is 45.8 Å². The highest BCUT2D eigenvalue weighted by molar-refractivity contribution is 6.44. The zero-order chi connectivity index (χ0) is 21.9. The Balaban J connectivity index is 1.44. The molecular formula is C21H18Cl2N4O4. The van der Waals surface area contributed by atoms with Crippen LogP contribution in [0.5, 0.6) is 5.75 Å². The van der Waals surface area contributed by atoms with E-state index in [4.69, 9.17) is 27.9 Å². The number of carboxylic acid groups (broad SMARTS) is 1. The number of aromatic nitrogens is 2. The normalized spacial score (nSPS) is 20.0. The van der Waals surface area contributed by atoms with Crippen molar-refractivity contribution in [1.82, 2.24) is 19.2 Å². The molecule has 3 aliphatic heterocycles. The number of nitrogens with zero attached hydrogens (tertiary/aromatic N) is 4. The van der Waals surface area contributed by atoms with Crippen LogP contribution in [0, 0.1) is 0 Å². The predicted octanol–water partition coefficient (Wildman–Crippen LogP) is 3.89. The molecule has 3 aliphatic rings. The molecule has 5 heterocycles. The van der Waals surface area contributed by atoms with Gasteiger partial charge in [0.05, 0.1) is 29.2 Å².